The molecular formula is C16H22N2O3. The lowest BCUT2D eigenvalue weighted by molar-refractivity contribution is 0.0754. The van der Waals surface area contributed by atoms with Gasteiger partial charge in [-0.25, -0.2) is 4.98 Å². The molecule has 1 heterocycles. The molecule has 0 bridgehead atoms. The van der Waals surface area contributed by atoms with E-state index in [1.165, 1.54) is 0 Å². The Morgan fingerprint density at radius 3 is 3.00 bits per heavy atom. The molecule has 0 saturated carbocycles. The molecule has 0 unspecified atom stereocenters. The SMILES string of the molecule is CC(C)OCCCCNC(=O)c1ncccc1C#CCO. The first-order valence-electron chi connectivity index (χ1n) is 7.09. The van der Waals surface area contributed by atoms with Gasteiger partial charge in [0.15, 0.2) is 0 Å². The van der Waals surface area contributed by atoms with Gasteiger partial charge in [-0.3, -0.25) is 4.79 Å². The van der Waals surface area contributed by atoms with Crippen molar-refractivity contribution in [3.63, 3.8) is 0 Å². The maximum absolute atomic E-state index is 12.0. The fourth-order valence-corrected chi connectivity index (χ4v) is 1.65. The van der Waals surface area contributed by atoms with Crippen molar-refractivity contribution in [1.82, 2.24) is 10.3 Å². The molecular weight excluding hydrogens is 268 g/mol. The minimum absolute atomic E-state index is 0.237. The Labute approximate surface area is 125 Å². The van der Waals surface area contributed by atoms with E-state index in [2.05, 4.69) is 22.1 Å². The Bertz CT molecular complexity index is 504. The highest BCUT2D eigenvalue weighted by molar-refractivity contribution is 5.94. The number of rotatable bonds is 7. The van der Waals surface area contributed by atoms with Crippen LogP contribution in [0.2, 0.25) is 0 Å². The second-order valence-corrected chi connectivity index (χ2v) is 4.74. The van der Waals surface area contributed by atoms with Crippen molar-refractivity contribution in [1.29, 1.82) is 0 Å². The molecule has 0 aliphatic rings. The van der Waals surface area contributed by atoms with Crippen molar-refractivity contribution >= 4 is 5.91 Å². The van der Waals surface area contributed by atoms with Gasteiger partial charge in [0.2, 0.25) is 0 Å². The number of hydrogen-bond donors (Lipinski definition) is 2. The molecule has 1 aromatic rings. The van der Waals surface area contributed by atoms with Gasteiger partial charge in [-0.2, -0.15) is 0 Å². The number of nitrogens with zero attached hydrogens (tertiary/aromatic N) is 1. The summed E-state index contributed by atoms with van der Waals surface area (Å²) in [4.78, 5) is 16.1. The van der Waals surface area contributed by atoms with Gasteiger partial charge in [-0.15, -0.1) is 0 Å². The number of amides is 1. The fraction of sp³-hybridized carbons (Fsp3) is 0.500. The van der Waals surface area contributed by atoms with Gasteiger partial charge in [0.25, 0.3) is 5.91 Å². The first-order valence-corrected chi connectivity index (χ1v) is 7.09. The number of unbranched alkanes of at least 4 members (excludes halogenated alkanes) is 1. The summed E-state index contributed by atoms with van der Waals surface area (Å²) in [5.41, 5.74) is 0.809. The van der Waals surface area contributed by atoms with Gasteiger partial charge in [-0.1, -0.05) is 11.8 Å². The van der Waals surface area contributed by atoms with Crippen LogP contribution in [0, 0.1) is 11.8 Å². The number of aliphatic hydroxyl groups excluding tert-OH is 1. The summed E-state index contributed by atoms with van der Waals surface area (Å²) in [5.74, 6) is 5.00. The maximum atomic E-state index is 12.0. The van der Waals surface area contributed by atoms with Crippen LogP contribution in [0.4, 0.5) is 0 Å². The molecule has 2 N–H and O–H groups in total. The molecule has 0 saturated heterocycles. The van der Waals surface area contributed by atoms with Gasteiger partial charge >= 0.3 is 0 Å². The lowest BCUT2D eigenvalue weighted by Gasteiger charge is -2.08. The van der Waals surface area contributed by atoms with Crippen LogP contribution >= 0.6 is 0 Å². The molecule has 0 spiro atoms. The van der Waals surface area contributed by atoms with E-state index in [1.54, 1.807) is 18.3 Å². The standard InChI is InChI=1S/C16H22N2O3/c1-13(2)21-12-4-3-9-18-16(20)15-14(8-6-11-19)7-5-10-17-15/h5,7,10,13,19H,3-4,9,11-12H2,1-2H3,(H,18,20). The first-order chi connectivity index (χ1) is 10.1. The minimum atomic E-state index is -0.248. The normalized spacial score (nSPS) is 10.1. The lowest BCUT2D eigenvalue weighted by Crippen LogP contribution is -2.26. The molecule has 5 heteroatoms. The minimum Gasteiger partial charge on any atom is -0.384 e. The fourth-order valence-electron chi connectivity index (χ4n) is 1.65. The van der Waals surface area contributed by atoms with E-state index < -0.39 is 0 Å². The Balaban J connectivity index is 2.42. The Morgan fingerprint density at radius 2 is 2.29 bits per heavy atom. The molecule has 114 valence electrons. The Kier molecular flexibility index (Phi) is 8.10. The third kappa shape index (κ3) is 6.89. The summed E-state index contributed by atoms with van der Waals surface area (Å²) in [6.45, 7) is 5.02. The van der Waals surface area contributed by atoms with Crippen molar-refractivity contribution in [2.24, 2.45) is 0 Å². The van der Waals surface area contributed by atoms with Crippen molar-refractivity contribution in [3.8, 4) is 11.8 Å². The topological polar surface area (TPSA) is 71.5 Å². The summed E-state index contributed by atoms with van der Waals surface area (Å²) in [6.07, 6.45) is 3.54. The van der Waals surface area contributed by atoms with Crippen molar-refractivity contribution in [2.45, 2.75) is 32.8 Å². The van der Waals surface area contributed by atoms with Crippen LogP contribution < -0.4 is 5.32 Å². The van der Waals surface area contributed by atoms with Gasteiger partial charge in [0, 0.05) is 19.3 Å². The highest BCUT2D eigenvalue weighted by Crippen LogP contribution is 2.03. The van der Waals surface area contributed by atoms with Crippen LogP contribution in [0.25, 0.3) is 0 Å². The summed E-state index contributed by atoms with van der Waals surface area (Å²) in [6, 6.07) is 3.42. The maximum Gasteiger partial charge on any atom is 0.271 e. The number of aromatic nitrogens is 1. The highest BCUT2D eigenvalue weighted by Gasteiger charge is 2.10. The molecule has 0 aliphatic carbocycles. The number of hydrogen-bond acceptors (Lipinski definition) is 4. The van der Waals surface area contributed by atoms with E-state index in [0.29, 0.717) is 18.7 Å². The van der Waals surface area contributed by atoms with E-state index in [9.17, 15) is 4.79 Å². The molecule has 0 radical (unpaired) electrons. The smallest absolute Gasteiger partial charge is 0.271 e. The third-order valence-corrected chi connectivity index (χ3v) is 2.63. The van der Waals surface area contributed by atoms with Gasteiger partial charge in [-0.05, 0) is 38.8 Å². The average Bonchev–Trinajstić information content (AvgIpc) is 2.48. The van der Waals surface area contributed by atoms with Crippen molar-refractivity contribution in [2.75, 3.05) is 19.8 Å². The van der Waals surface area contributed by atoms with Gasteiger partial charge < -0.3 is 15.2 Å². The van der Waals surface area contributed by atoms with Gasteiger partial charge in [0.1, 0.15) is 12.3 Å². The number of ether oxygens (including phenoxy) is 1. The predicted molar refractivity (Wildman–Crippen MR) is 80.9 cm³/mol. The number of aliphatic hydroxyl groups is 1. The van der Waals surface area contributed by atoms with Crippen molar-refractivity contribution < 1.29 is 14.6 Å². The molecule has 0 aliphatic heterocycles. The summed E-state index contributed by atoms with van der Waals surface area (Å²) < 4.78 is 5.43. The van der Waals surface area contributed by atoms with E-state index in [0.717, 1.165) is 12.8 Å². The van der Waals surface area contributed by atoms with Crippen LogP contribution in [0.15, 0.2) is 18.3 Å². The molecule has 21 heavy (non-hydrogen) atoms. The van der Waals surface area contributed by atoms with Crippen LogP contribution in [0.1, 0.15) is 42.7 Å². The Morgan fingerprint density at radius 1 is 1.48 bits per heavy atom. The first kappa shape index (κ1) is 17.2. The molecule has 1 aromatic heterocycles. The third-order valence-electron chi connectivity index (χ3n) is 2.63. The van der Waals surface area contributed by atoms with Crippen molar-refractivity contribution in [3.05, 3.63) is 29.6 Å². The number of nitrogens with one attached hydrogen (secondary N) is 1. The molecule has 5 nitrogen and oxygen atoms in total. The van der Waals surface area contributed by atoms with E-state index in [1.807, 2.05) is 13.8 Å². The molecule has 1 amide bonds. The quantitative estimate of drug-likeness (QED) is 0.587. The average molecular weight is 290 g/mol. The molecule has 0 atom stereocenters. The van der Waals surface area contributed by atoms with Crippen LogP contribution in [0.5, 0.6) is 0 Å². The molecule has 1 rings (SSSR count). The second-order valence-electron chi connectivity index (χ2n) is 4.74. The predicted octanol–water partition coefficient (Wildman–Crippen LogP) is 1.36. The van der Waals surface area contributed by atoms with Gasteiger partial charge in [0.05, 0.1) is 11.7 Å². The number of carbonyl (C=O) groups is 1. The van der Waals surface area contributed by atoms with Crippen LogP contribution in [-0.2, 0) is 4.74 Å². The van der Waals surface area contributed by atoms with E-state index >= 15 is 0 Å². The second kappa shape index (κ2) is 9.92. The summed E-state index contributed by atoms with van der Waals surface area (Å²) in [5, 5.41) is 11.5. The monoisotopic (exact) mass is 290 g/mol. The molecule has 0 fully saturated rings. The van der Waals surface area contributed by atoms with Crippen LogP contribution in [-0.4, -0.2) is 41.9 Å². The largest absolute Gasteiger partial charge is 0.384 e. The lowest BCUT2D eigenvalue weighted by atomic mass is 10.2. The zero-order valence-corrected chi connectivity index (χ0v) is 12.6. The highest BCUT2D eigenvalue weighted by atomic mass is 16.5. The zero-order valence-electron chi connectivity index (χ0n) is 12.6. The molecule has 0 aromatic carbocycles. The van der Waals surface area contributed by atoms with Crippen LogP contribution in [0.3, 0.4) is 0 Å². The van der Waals surface area contributed by atoms with E-state index in [-0.39, 0.29) is 24.3 Å². The number of pyridine rings is 1. The summed E-state index contributed by atoms with van der Waals surface area (Å²) in [7, 11) is 0. The number of carbonyl (C=O) groups excluding carboxylic acids is 1. The summed E-state index contributed by atoms with van der Waals surface area (Å²) >= 11 is 0. The zero-order chi connectivity index (χ0) is 15.5. The van der Waals surface area contributed by atoms with E-state index in [4.69, 9.17) is 9.84 Å². The Hall–Kier alpha value is -1.90.